The molecule has 17 heavy (non-hydrogen) atoms. The summed E-state index contributed by atoms with van der Waals surface area (Å²) >= 11 is 0. The van der Waals surface area contributed by atoms with Crippen LogP contribution in [0.1, 0.15) is 52.4 Å². The van der Waals surface area contributed by atoms with Crippen LogP contribution in [0.15, 0.2) is 0 Å². The van der Waals surface area contributed by atoms with E-state index in [0.29, 0.717) is 19.1 Å². The quantitative estimate of drug-likeness (QED) is 0.746. The molecule has 0 aromatic rings. The molecule has 0 aliphatic heterocycles. The number of hydrogen-bond acceptors (Lipinski definition) is 3. The lowest BCUT2D eigenvalue weighted by atomic mass is 9.95. The lowest BCUT2D eigenvalue weighted by Crippen LogP contribution is -2.43. The van der Waals surface area contributed by atoms with Crippen molar-refractivity contribution in [3.8, 4) is 0 Å². The summed E-state index contributed by atoms with van der Waals surface area (Å²) in [4.78, 5) is 11.4. The summed E-state index contributed by atoms with van der Waals surface area (Å²) < 4.78 is 5.01. The molecule has 1 amide bonds. The lowest BCUT2D eigenvalue weighted by molar-refractivity contribution is 0.0235. The fourth-order valence-corrected chi connectivity index (χ4v) is 2.09. The maximum atomic E-state index is 11.4. The molecule has 1 fully saturated rings. The molecule has 0 spiro atoms. The Labute approximate surface area is 104 Å². The number of alkyl carbamates (subject to hydrolysis) is 1. The van der Waals surface area contributed by atoms with E-state index in [9.17, 15) is 9.90 Å². The number of rotatable bonds is 4. The zero-order chi connectivity index (χ0) is 12.7. The fraction of sp³-hybridized carbons (Fsp3) is 0.923. The summed E-state index contributed by atoms with van der Waals surface area (Å²) in [7, 11) is 0. The van der Waals surface area contributed by atoms with E-state index in [1.54, 1.807) is 0 Å². The summed E-state index contributed by atoms with van der Waals surface area (Å²) in [5.74, 6) is 0.335. The van der Waals surface area contributed by atoms with Gasteiger partial charge in [-0.1, -0.05) is 39.5 Å². The van der Waals surface area contributed by atoms with Gasteiger partial charge in [0, 0.05) is 6.54 Å². The van der Waals surface area contributed by atoms with E-state index < -0.39 is 11.7 Å². The highest BCUT2D eigenvalue weighted by Gasteiger charge is 2.28. The average Bonchev–Trinajstić information content (AvgIpc) is 2.49. The largest absolute Gasteiger partial charge is 0.449 e. The van der Waals surface area contributed by atoms with Gasteiger partial charge in [-0.15, -0.1) is 0 Å². The van der Waals surface area contributed by atoms with Crippen molar-refractivity contribution in [3.05, 3.63) is 0 Å². The highest BCUT2D eigenvalue weighted by Crippen LogP contribution is 2.26. The third-order valence-corrected chi connectivity index (χ3v) is 3.14. The molecule has 0 bridgehead atoms. The number of aliphatic hydroxyl groups is 1. The van der Waals surface area contributed by atoms with E-state index in [4.69, 9.17) is 4.74 Å². The Morgan fingerprint density at radius 1 is 1.29 bits per heavy atom. The molecule has 0 aromatic carbocycles. The maximum Gasteiger partial charge on any atom is 0.407 e. The Hall–Kier alpha value is -0.770. The first-order chi connectivity index (χ1) is 8.02. The first kappa shape index (κ1) is 14.3. The summed E-state index contributed by atoms with van der Waals surface area (Å²) in [6.07, 6.45) is 5.57. The van der Waals surface area contributed by atoms with Gasteiger partial charge in [-0.3, -0.25) is 0 Å². The first-order valence-corrected chi connectivity index (χ1v) is 6.65. The minimum absolute atomic E-state index is 0.309. The van der Waals surface area contributed by atoms with Crippen molar-refractivity contribution in [1.82, 2.24) is 5.32 Å². The van der Waals surface area contributed by atoms with E-state index in [-0.39, 0.29) is 0 Å². The fourth-order valence-electron chi connectivity index (χ4n) is 2.09. The molecule has 0 atom stereocenters. The van der Waals surface area contributed by atoms with Crippen LogP contribution in [0.2, 0.25) is 0 Å². The molecule has 1 aliphatic rings. The number of carbonyl (C=O) groups excluding carboxylic acids is 1. The van der Waals surface area contributed by atoms with E-state index >= 15 is 0 Å². The van der Waals surface area contributed by atoms with Crippen molar-refractivity contribution < 1.29 is 14.6 Å². The summed E-state index contributed by atoms with van der Waals surface area (Å²) in [5, 5.41) is 13.0. The van der Waals surface area contributed by atoms with Gasteiger partial charge in [0.2, 0.25) is 0 Å². The predicted molar refractivity (Wildman–Crippen MR) is 66.8 cm³/mol. The smallest absolute Gasteiger partial charge is 0.407 e. The van der Waals surface area contributed by atoms with Crippen molar-refractivity contribution in [2.75, 3.05) is 13.2 Å². The molecule has 1 rings (SSSR count). The lowest BCUT2D eigenvalue weighted by Gasteiger charge is -2.26. The van der Waals surface area contributed by atoms with Crippen molar-refractivity contribution in [2.45, 2.75) is 58.0 Å². The Kier molecular flexibility index (Phi) is 5.75. The molecule has 100 valence electrons. The van der Waals surface area contributed by atoms with E-state index in [2.05, 4.69) is 5.32 Å². The molecular weight excluding hydrogens is 218 g/mol. The summed E-state index contributed by atoms with van der Waals surface area (Å²) in [6, 6.07) is 0. The Balaban J connectivity index is 2.25. The number of ether oxygens (including phenoxy) is 1. The van der Waals surface area contributed by atoms with Crippen LogP contribution in [0.25, 0.3) is 0 Å². The zero-order valence-electron chi connectivity index (χ0n) is 11.0. The van der Waals surface area contributed by atoms with Crippen LogP contribution in [0, 0.1) is 5.92 Å². The van der Waals surface area contributed by atoms with Crippen LogP contribution >= 0.6 is 0 Å². The normalized spacial score (nSPS) is 19.8. The van der Waals surface area contributed by atoms with E-state index in [1.165, 1.54) is 12.8 Å². The standard InChI is InChI=1S/C13H25NO3/c1-11(2)9-17-12(15)14-10-13(16)7-5-3-4-6-8-13/h11,16H,3-10H2,1-2H3,(H,14,15). The monoisotopic (exact) mass is 243 g/mol. The highest BCUT2D eigenvalue weighted by molar-refractivity contribution is 5.67. The summed E-state index contributed by atoms with van der Waals surface area (Å²) in [5.41, 5.74) is -0.729. The van der Waals surface area contributed by atoms with Crippen molar-refractivity contribution in [2.24, 2.45) is 5.92 Å². The minimum atomic E-state index is -0.729. The topological polar surface area (TPSA) is 58.6 Å². The van der Waals surface area contributed by atoms with Crippen molar-refractivity contribution in [1.29, 1.82) is 0 Å². The second kappa shape index (κ2) is 6.84. The molecule has 0 heterocycles. The molecular formula is C13H25NO3. The van der Waals surface area contributed by atoms with Gasteiger partial charge in [0.25, 0.3) is 0 Å². The SMILES string of the molecule is CC(C)COC(=O)NCC1(O)CCCCCC1. The Bertz CT molecular complexity index is 233. The molecule has 0 saturated heterocycles. The van der Waals surface area contributed by atoms with Crippen LogP contribution in [0.5, 0.6) is 0 Å². The van der Waals surface area contributed by atoms with Gasteiger partial charge in [-0.25, -0.2) is 4.79 Å². The molecule has 0 radical (unpaired) electrons. The number of amides is 1. The van der Waals surface area contributed by atoms with Gasteiger partial charge < -0.3 is 15.2 Å². The van der Waals surface area contributed by atoms with Gasteiger partial charge in [-0.05, 0) is 18.8 Å². The second-order valence-corrected chi connectivity index (χ2v) is 5.48. The van der Waals surface area contributed by atoms with Crippen LogP contribution in [-0.4, -0.2) is 30.0 Å². The van der Waals surface area contributed by atoms with E-state index in [1.807, 2.05) is 13.8 Å². The number of carbonyl (C=O) groups is 1. The molecule has 4 heteroatoms. The van der Waals surface area contributed by atoms with E-state index in [0.717, 1.165) is 25.7 Å². The second-order valence-electron chi connectivity index (χ2n) is 5.48. The van der Waals surface area contributed by atoms with Gasteiger partial charge in [0.05, 0.1) is 12.2 Å². The molecule has 1 aliphatic carbocycles. The van der Waals surface area contributed by atoms with Crippen LogP contribution in [-0.2, 0) is 4.74 Å². The van der Waals surface area contributed by atoms with Gasteiger partial charge in [0.1, 0.15) is 0 Å². The number of hydrogen-bond donors (Lipinski definition) is 2. The number of nitrogens with one attached hydrogen (secondary N) is 1. The molecule has 2 N–H and O–H groups in total. The maximum absolute atomic E-state index is 11.4. The van der Waals surface area contributed by atoms with Crippen LogP contribution < -0.4 is 5.32 Å². The minimum Gasteiger partial charge on any atom is -0.449 e. The third kappa shape index (κ3) is 5.91. The van der Waals surface area contributed by atoms with Gasteiger partial charge in [-0.2, -0.15) is 0 Å². The third-order valence-electron chi connectivity index (χ3n) is 3.14. The molecule has 1 saturated carbocycles. The summed E-state index contributed by atoms with van der Waals surface area (Å²) in [6.45, 7) is 4.71. The Morgan fingerprint density at radius 3 is 2.41 bits per heavy atom. The molecule has 4 nitrogen and oxygen atoms in total. The Morgan fingerprint density at radius 2 is 1.88 bits per heavy atom. The van der Waals surface area contributed by atoms with Gasteiger partial charge in [0.15, 0.2) is 0 Å². The molecule has 0 unspecified atom stereocenters. The zero-order valence-corrected chi connectivity index (χ0v) is 11.0. The van der Waals surface area contributed by atoms with Crippen molar-refractivity contribution in [3.63, 3.8) is 0 Å². The average molecular weight is 243 g/mol. The molecule has 0 aromatic heterocycles. The predicted octanol–water partition coefficient (Wildman–Crippen LogP) is 2.45. The van der Waals surface area contributed by atoms with Gasteiger partial charge >= 0.3 is 6.09 Å². The van der Waals surface area contributed by atoms with Crippen LogP contribution in [0.3, 0.4) is 0 Å². The van der Waals surface area contributed by atoms with Crippen LogP contribution in [0.4, 0.5) is 4.79 Å². The first-order valence-electron chi connectivity index (χ1n) is 6.65. The highest BCUT2D eigenvalue weighted by atomic mass is 16.5. The van der Waals surface area contributed by atoms with Crippen molar-refractivity contribution >= 4 is 6.09 Å².